The zero-order chi connectivity index (χ0) is 18.5. The number of aromatic nitrogens is 1. The quantitative estimate of drug-likeness (QED) is 0.854. The van der Waals surface area contributed by atoms with E-state index in [2.05, 4.69) is 26.9 Å². The van der Waals surface area contributed by atoms with Crippen molar-refractivity contribution in [2.75, 3.05) is 30.4 Å². The first-order chi connectivity index (χ1) is 12.6. The molecule has 2 heterocycles. The fourth-order valence-electron chi connectivity index (χ4n) is 3.01. The molecule has 1 saturated heterocycles. The molecule has 3 rings (SSSR count). The predicted molar refractivity (Wildman–Crippen MR) is 101 cm³/mol. The number of nitrogens with zero attached hydrogens (tertiary/aromatic N) is 2. The SMILES string of the molecule is COC(=O)c1ccc(NC(=O)c2cc(N3CCC(C)CC3)ccn2)cc1. The number of hydrogen-bond acceptors (Lipinski definition) is 5. The molecule has 136 valence electrons. The van der Waals surface area contributed by atoms with Crippen LogP contribution >= 0.6 is 0 Å². The summed E-state index contributed by atoms with van der Waals surface area (Å²) in [6.45, 7) is 4.27. The Labute approximate surface area is 153 Å². The second-order valence-corrected chi connectivity index (χ2v) is 6.59. The number of ether oxygens (including phenoxy) is 1. The van der Waals surface area contributed by atoms with Crippen LogP contribution in [-0.2, 0) is 4.74 Å². The lowest BCUT2D eigenvalue weighted by Crippen LogP contribution is -2.33. The van der Waals surface area contributed by atoms with E-state index >= 15 is 0 Å². The van der Waals surface area contributed by atoms with Crippen LogP contribution in [0.1, 0.15) is 40.6 Å². The summed E-state index contributed by atoms with van der Waals surface area (Å²) >= 11 is 0. The summed E-state index contributed by atoms with van der Waals surface area (Å²) in [6, 6.07) is 10.3. The summed E-state index contributed by atoms with van der Waals surface area (Å²) in [4.78, 5) is 30.4. The van der Waals surface area contributed by atoms with Crippen LogP contribution in [0, 0.1) is 5.92 Å². The average Bonchev–Trinajstić information content (AvgIpc) is 2.68. The van der Waals surface area contributed by atoms with E-state index in [0.717, 1.165) is 37.5 Å². The molecule has 1 aliphatic rings. The highest BCUT2D eigenvalue weighted by Crippen LogP contribution is 2.23. The lowest BCUT2D eigenvalue weighted by molar-refractivity contribution is 0.0600. The smallest absolute Gasteiger partial charge is 0.337 e. The highest BCUT2D eigenvalue weighted by Gasteiger charge is 2.17. The number of methoxy groups -OCH3 is 1. The molecule has 26 heavy (non-hydrogen) atoms. The molecule has 0 bridgehead atoms. The molecule has 0 saturated carbocycles. The molecule has 1 N–H and O–H groups in total. The number of carbonyl (C=O) groups is 2. The third-order valence-corrected chi connectivity index (χ3v) is 4.69. The minimum Gasteiger partial charge on any atom is -0.465 e. The fourth-order valence-corrected chi connectivity index (χ4v) is 3.01. The molecule has 1 aromatic carbocycles. The van der Waals surface area contributed by atoms with Gasteiger partial charge in [-0.1, -0.05) is 6.92 Å². The maximum absolute atomic E-state index is 12.5. The third-order valence-electron chi connectivity index (χ3n) is 4.69. The van der Waals surface area contributed by atoms with Gasteiger partial charge in [-0.25, -0.2) is 4.79 Å². The van der Waals surface area contributed by atoms with Crippen molar-refractivity contribution in [3.8, 4) is 0 Å². The fraction of sp³-hybridized carbons (Fsp3) is 0.350. The summed E-state index contributed by atoms with van der Waals surface area (Å²) in [5, 5.41) is 2.81. The largest absolute Gasteiger partial charge is 0.465 e. The summed E-state index contributed by atoms with van der Waals surface area (Å²) in [7, 11) is 1.33. The second kappa shape index (κ2) is 7.99. The number of hydrogen-bond donors (Lipinski definition) is 1. The van der Waals surface area contributed by atoms with Crippen LogP contribution in [0.4, 0.5) is 11.4 Å². The molecule has 0 aliphatic carbocycles. The van der Waals surface area contributed by atoms with Crippen molar-refractivity contribution in [1.29, 1.82) is 0 Å². The molecule has 1 aromatic heterocycles. The van der Waals surface area contributed by atoms with Gasteiger partial charge >= 0.3 is 5.97 Å². The van der Waals surface area contributed by atoms with Crippen LogP contribution in [0.25, 0.3) is 0 Å². The molecule has 0 unspecified atom stereocenters. The molecule has 0 radical (unpaired) electrons. The van der Waals surface area contributed by atoms with Crippen molar-refractivity contribution in [1.82, 2.24) is 4.98 Å². The summed E-state index contributed by atoms with van der Waals surface area (Å²) in [6.07, 6.45) is 4.00. The lowest BCUT2D eigenvalue weighted by Gasteiger charge is -2.32. The van der Waals surface area contributed by atoms with E-state index in [1.807, 2.05) is 12.1 Å². The van der Waals surface area contributed by atoms with Gasteiger partial charge in [-0.15, -0.1) is 0 Å². The molecule has 1 amide bonds. The molecular weight excluding hydrogens is 330 g/mol. The molecule has 6 heteroatoms. The van der Waals surface area contributed by atoms with Crippen LogP contribution in [0.3, 0.4) is 0 Å². The Morgan fingerprint density at radius 2 is 1.85 bits per heavy atom. The number of rotatable bonds is 4. The number of amides is 1. The van der Waals surface area contributed by atoms with Crippen molar-refractivity contribution < 1.29 is 14.3 Å². The van der Waals surface area contributed by atoms with Crippen LogP contribution in [0.15, 0.2) is 42.6 Å². The highest BCUT2D eigenvalue weighted by atomic mass is 16.5. The first kappa shape index (κ1) is 17.9. The second-order valence-electron chi connectivity index (χ2n) is 6.59. The van der Waals surface area contributed by atoms with E-state index in [1.54, 1.807) is 30.5 Å². The van der Waals surface area contributed by atoms with Gasteiger partial charge in [-0.3, -0.25) is 9.78 Å². The summed E-state index contributed by atoms with van der Waals surface area (Å²) < 4.78 is 4.66. The number of piperidine rings is 1. The molecule has 0 spiro atoms. The van der Waals surface area contributed by atoms with Gasteiger partial charge in [0.25, 0.3) is 5.91 Å². The first-order valence-corrected chi connectivity index (χ1v) is 8.77. The Morgan fingerprint density at radius 3 is 2.50 bits per heavy atom. The van der Waals surface area contributed by atoms with E-state index in [1.165, 1.54) is 7.11 Å². The van der Waals surface area contributed by atoms with Gasteiger partial charge in [0.1, 0.15) is 5.69 Å². The number of anilines is 2. The van der Waals surface area contributed by atoms with E-state index < -0.39 is 5.97 Å². The van der Waals surface area contributed by atoms with Gasteiger partial charge in [0.15, 0.2) is 0 Å². The van der Waals surface area contributed by atoms with Gasteiger partial charge in [0.2, 0.25) is 0 Å². The molecule has 2 aromatic rings. The Balaban J connectivity index is 1.68. The Hall–Kier alpha value is -2.89. The average molecular weight is 353 g/mol. The number of nitrogens with one attached hydrogen (secondary N) is 1. The summed E-state index contributed by atoms with van der Waals surface area (Å²) in [5.41, 5.74) is 2.43. The van der Waals surface area contributed by atoms with E-state index in [4.69, 9.17) is 0 Å². The number of benzene rings is 1. The summed E-state index contributed by atoms with van der Waals surface area (Å²) in [5.74, 6) is 0.0694. The van der Waals surface area contributed by atoms with Crippen LogP contribution in [0.2, 0.25) is 0 Å². The normalized spacial score (nSPS) is 14.8. The van der Waals surface area contributed by atoms with Crippen molar-refractivity contribution >= 4 is 23.3 Å². The van der Waals surface area contributed by atoms with Crippen molar-refractivity contribution in [2.24, 2.45) is 5.92 Å². The van der Waals surface area contributed by atoms with Gasteiger partial charge in [0.05, 0.1) is 12.7 Å². The number of pyridine rings is 1. The van der Waals surface area contributed by atoms with Gasteiger partial charge in [-0.2, -0.15) is 0 Å². The zero-order valence-corrected chi connectivity index (χ0v) is 15.1. The van der Waals surface area contributed by atoms with Crippen LogP contribution in [0.5, 0.6) is 0 Å². The minimum absolute atomic E-state index is 0.275. The first-order valence-electron chi connectivity index (χ1n) is 8.77. The standard InChI is InChI=1S/C20H23N3O3/c1-14-8-11-23(12-9-14)17-7-10-21-18(13-17)19(24)22-16-5-3-15(4-6-16)20(25)26-2/h3-7,10,13-14H,8-9,11-12H2,1-2H3,(H,22,24). The highest BCUT2D eigenvalue weighted by molar-refractivity contribution is 6.03. The molecule has 1 aliphatic heterocycles. The topological polar surface area (TPSA) is 71.5 Å². The monoisotopic (exact) mass is 353 g/mol. The Kier molecular flexibility index (Phi) is 5.51. The van der Waals surface area contributed by atoms with Crippen molar-refractivity contribution in [2.45, 2.75) is 19.8 Å². The van der Waals surface area contributed by atoms with Crippen molar-refractivity contribution in [3.63, 3.8) is 0 Å². The minimum atomic E-state index is -0.409. The Bertz CT molecular complexity index is 781. The number of esters is 1. The molecule has 6 nitrogen and oxygen atoms in total. The van der Waals surface area contributed by atoms with Crippen LogP contribution in [-0.4, -0.2) is 37.1 Å². The van der Waals surface area contributed by atoms with E-state index in [0.29, 0.717) is 16.9 Å². The predicted octanol–water partition coefficient (Wildman–Crippen LogP) is 3.36. The molecule has 0 atom stereocenters. The van der Waals surface area contributed by atoms with E-state index in [9.17, 15) is 9.59 Å². The maximum Gasteiger partial charge on any atom is 0.337 e. The van der Waals surface area contributed by atoms with Crippen molar-refractivity contribution in [3.05, 3.63) is 53.9 Å². The Morgan fingerprint density at radius 1 is 1.15 bits per heavy atom. The number of carbonyl (C=O) groups excluding carboxylic acids is 2. The van der Waals surface area contributed by atoms with Gasteiger partial charge < -0.3 is 15.0 Å². The van der Waals surface area contributed by atoms with Gasteiger partial charge in [-0.05, 0) is 55.2 Å². The van der Waals surface area contributed by atoms with Gasteiger partial charge in [0, 0.05) is 30.7 Å². The van der Waals surface area contributed by atoms with Crippen LogP contribution < -0.4 is 10.2 Å². The zero-order valence-electron chi connectivity index (χ0n) is 15.1. The van der Waals surface area contributed by atoms with E-state index in [-0.39, 0.29) is 5.91 Å². The maximum atomic E-state index is 12.5. The third kappa shape index (κ3) is 4.20. The molecule has 1 fully saturated rings. The molecular formula is C20H23N3O3. The lowest BCUT2D eigenvalue weighted by atomic mass is 9.99.